The van der Waals surface area contributed by atoms with Crippen molar-refractivity contribution < 1.29 is 37.7 Å². The number of rotatable bonds is 11. The summed E-state index contributed by atoms with van der Waals surface area (Å²) in [6.45, 7) is 1.57. The molecule has 0 bridgehead atoms. The summed E-state index contributed by atoms with van der Waals surface area (Å²) in [7, 11) is 7.60. The van der Waals surface area contributed by atoms with Crippen LogP contribution in [0.25, 0.3) is 33.4 Å². The minimum Gasteiger partial charge on any atom is -0.493 e. The number of hydrogen-bond acceptors (Lipinski definition) is 9. The van der Waals surface area contributed by atoms with Crippen molar-refractivity contribution in [2.24, 2.45) is 0 Å². The van der Waals surface area contributed by atoms with Gasteiger partial charge in [-0.15, -0.1) is 0 Å². The van der Waals surface area contributed by atoms with E-state index in [1.165, 1.54) is 34.3 Å². The predicted octanol–water partition coefficient (Wildman–Crippen LogP) is 4.55. The van der Waals surface area contributed by atoms with E-state index in [9.17, 15) is 14.4 Å². The molecule has 4 aromatic rings. The van der Waals surface area contributed by atoms with Crippen LogP contribution in [0, 0.1) is 0 Å². The molecular formula is C35H38N2O9. The Hall–Kier alpha value is -4.87. The lowest BCUT2D eigenvalue weighted by Crippen LogP contribution is -2.35. The minimum absolute atomic E-state index is 0.0870. The number of aryl methyl sites for hydroxylation is 1. The van der Waals surface area contributed by atoms with E-state index in [-0.39, 0.29) is 30.4 Å². The van der Waals surface area contributed by atoms with Crippen LogP contribution in [-0.2, 0) is 31.9 Å². The van der Waals surface area contributed by atoms with E-state index in [1.54, 1.807) is 14.2 Å². The summed E-state index contributed by atoms with van der Waals surface area (Å²) >= 11 is 0. The topological polar surface area (TPSA) is 135 Å². The Morgan fingerprint density at radius 2 is 1.67 bits per heavy atom. The summed E-state index contributed by atoms with van der Waals surface area (Å²) in [6.07, 6.45) is 0.332. The molecule has 11 heteroatoms. The molecule has 0 saturated carbocycles. The Morgan fingerprint density at radius 3 is 2.30 bits per heavy atom. The highest BCUT2D eigenvalue weighted by Gasteiger charge is 2.31. The van der Waals surface area contributed by atoms with Crippen LogP contribution < -0.4 is 30.3 Å². The van der Waals surface area contributed by atoms with Crippen LogP contribution in [0.1, 0.15) is 36.1 Å². The van der Waals surface area contributed by atoms with E-state index < -0.39 is 17.8 Å². The van der Waals surface area contributed by atoms with Gasteiger partial charge in [0.2, 0.25) is 23.0 Å². The molecule has 11 nitrogen and oxygen atoms in total. The van der Waals surface area contributed by atoms with E-state index in [4.69, 9.17) is 28.1 Å². The smallest absolute Gasteiger partial charge is 0.224 e. The summed E-state index contributed by atoms with van der Waals surface area (Å²) in [4.78, 5) is 39.8. The lowest BCUT2D eigenvalue weighted by atomic mass is 9.94. The Labute approximate surface area is 266 Å². The molecule has 5 rings (SSSR count). The third kappa shape index (κ3) is 6.29. The first-order chi connectivity index (χ1) is 22.2. The molecule has 2 N–H and O–H groups in total. The SMILES string of the molecule is COc1cc2c(c(OC)c1OC)-c1cc3c(CC(=O)NCC(OC)OC)c(-c4ccccc4)oc3c(=O)cc1[C@@H](NC(C)=O)CC2. The summed E-state index contributed by atoms with van der Waals surface area (Å²) in [5, 5.41) is 6.32. The summed E-state index contributed by atoms with van der Waals surface area (Å²) in [6, 6.07) is 14.1. The number of carbonyl (C=O) groups is 2. The minimum atomic E-state index is -0.623. The average Bonchev–Trinajstić information content (AvgIpc) is 3.26. The van der Waals surface area contributed by atoms with E-state index in [0.29, 0.717) is 69.1 Å². The quantitative estimate of drug-likeness (QED) is 0.229. The first-order valence-electron chi connectivity index (χ1n) is 14.8. The van der Waals surface area contributed by atoms with Crippen molar-refractivity contribution in [1.29, 1.82) is 0 Å². The number of amides is 2. The standard InChI is InChI=1S/C35H38N2O9/c1-19(38)37-26-13-12-21-14-28(41-2)34(44-5)35(45-6)31(21)23-15-24-25(17-29(40)36-18-30(42-3)43-4)32(20-10-8-7-9-11-20)46-33(24)27(39)16-22(23)26/h7-11,14-16,26,30H,12-13,17-18H2,1-6H3,(H,36,40)(H,37,38)/t26-/m0/s1. The zero-order chi connectivity index (χ0) is 33.0. The van der Waals surface area contributed by atoms with Crippen molar-refractivity contribution in [2.75, 3.05) is 42.1 Å². The fraction of sp³-hybridized carbons (Fsp3) is 0.343. The molecule has 0 saturated heterocycles. The van der Waals surface area contributed by atoms with Crippen LogP contribution in [0.15, 0.2) is 57.7 Å². The normalized spacial score (nSPS) is 13.8. The Kier molecular flexibility index (Phi) is 9.93. The summed E-state index contributed by atoms with van der Waals surface area (Å²) in [5.41, 5.74) is 3.74. The van der Waals surface area contributed by atoms with Gasteiger partial charge in [-0.2, -0.15) is 0 Å². The number of furan rings is 1. The van der Waals surface area contributed by atoms with Gasteiger partial charge in [0.05, 0.1) is 40.3 Å². The van der Waals surface area contributed by atoms with Gasteiger partial charge in [-0.1, -0.05) is 30.3 Å². The number of benzene rings is 2. The van der Waals surface area contributed by atoms with Gasteiger partial charge in [0, 0.05) is 43.2 Å². The molecule has 0 aliphatic heterocycles. The Bertz CT molecular complexity index is 1810. The second-order valence-electron chi connectivity index (χ2n) is 10.9. The van der Waals surface area contributed by atoms with E-state index in [0.717, 1.165) is 5.56 Å². The molecular weight excluding hydrogens is 592 g/mol. The lowest BCUT2D eigenvalue weighted by molar-refractivity contribution is -0.126. The highest BCUT2D eigenvalue weighted by molar-refractivity contribution is 5.96. The van der Waals surface area contributed by atoms with Gasteiger partial charge < -0.3 is 38.7 Å². The summed E-state index contributed by atoms with van der Waals surface area (Å²) < 4.78 is 34.1. The second-order valence-corrected chi connectivity index (χ2v) is 10.9. The zero-order valence-electron chi connectivity index (χ0n) is 26.8. The van der Waals surface area contributed by atoms with Crippen molar-refractivity contribution in [2.45, 2.75) is 38.5 Å². The van der Waals surface area contributed by atoms with Gasteiger partial charge in [0.25, 0.3) is 0 Å². The maximum atomic E-state index is 14.0. The van der Waals surface area contributed by atoms with Crippen molar-refractivity contribution >= 4 is 22.8 Å². The van der Waals surface area contributed by atoms with Gasteiger partial charge >= 0.3 is 0 Å². The number of nitrogens with one attached hydrogen (secondary N) is 2. The van der Waals surface area contributed by atoms with E-state index in [1.807, 2.05) is 42.5 Å². The van der Waals surface area contributed by atoms with Crippen LogP contribution in [0.3, 0.4) is 0 Å². The predicted molar refractivity (Wildman–Crippen MR) is 172 cm³/mol. The molecule has 0 spiro atoms. The van der Waals surface area contributed by atoms with Gasteiger partial charge in [0.1, 0.15) is 5.76 Å². The van der Waals surface area contributed by atoms with Gasteiger partial charge in [-0.25, -0.2) is 0 Å². The van der Waals surface area contributed by atoms with Crippen LogP contribution >= 0.6 is 0 Å². The van der Waals surface area contributed by atoms with Crippen molar-refractivity contribution in [1.82, 2.24) is 10.6 Å². The lowest BCUT2D eigenvalue weighted by Gasteiger charge is -2.20. The number of ether oxygens (including phenoxy) is 5. The molecule has 3 aromatic carbocycles. The van der Waals surface area contributed by atoms with E-state index in [2.05, 4.69) is 10.6 Å². The average molecular weight is 631 g/mol. The fourth-order valence-electron chi connectivity index (χ4n) is 6.06. The van der Waals surface area contributed by atoms with Crippen LogP contribution in [-0.4, -0.2) is 60.2 Å². The Morgan fingerprint density at radius 1 is 0.957 bits per heavy atom. The number of methoxy groups -OCH3 is 5. The van der Waals surface area contributed by atoms with Crippen molar-refractivity contribution in [3.63, 3.8) is 0 Å². The maximum absolute atomic E-state index is 14.0. The van der Waals surface area contributed by atoms with Gasteiger partial charge in [0.15, 0.2) is 23.4 Å². The van der Waals surface area contributed by atoms with Crippen molar-refractivity contribution in [3.8, 4) is 39.7 Å². The molecule has 0 unspecified atom stereocenters. The van der Waals surface area contributed by atoms with Crippen LogP contribution in [0.5, 0.6) is 17.2 Å². The highest BCUT2D eigenvalue weighted by atomic mass is 16.7. The zero-order valence-corrected chi connectivity index (χ0v) is 26.8. The monoisotopic (exact) mass is 630 g/mol. The molecule has 2 amide bonds. The van der Waals surface area contributed by atoms with Crippen LogP contribution in [0.2, 0.25) is 0 Å². The number of hydrogen-bond donors (Lipinski definition) is 2. The molecule has 1 aromatic heterocycles. The highest BCUT2D eigenvalue weighted by Crippen LogP contribution is 2.51. The van der Waals surface area contributed by atoms with Gasteiger partial charge in [-0.05, 0) is 47.7 Å². The number of fused-ring (bicyclic) bond motifs is 4. The molecule has 1 aliphatic rings. The molecule has 1 atom stereocenters. The fourth-order valence-corrected chi connectivity index (χ4v) is 6.06. The molecule has 46 heavy (non-hydrogen) atoms. The third-order valence-corrected chi connectivity index (χ3v) is 8.16. The first kappa shape index (κ1) is 32.5. The second kappa shape index (κ2) is 14.1. The van der Waals surface area contributed by atoms with Crippen molar-refractivity contribution in [3.05, 3.63) is 75.4 Å². The largest absolute Gasteiger partial charge is 0.493 e. The molecule has 0 radical (unpaired) electrons. The third-order valence-electron chi connectivity index (χ3n) is 8.16. The molecule has 1 heterocycles. The molecule has 242 valence electrons. The number of carbonyl (C=O) groups excluding carboxylic acids is 2. The summed E-state index contributed by atoms with van der Waals surface area (Å²) in [5.74, 6) is 1.16. The molecule has 1 aliphatic carbocycles. The first-order valence-corrected chi connectivity index (χ1v) is 14.8. The molecule has 0 fully saturated rings. The maximum Gasteiger partial charge on any atom is 0.224 e. The van der Waals surface area contributed by atoms with Gasteiger partial charge in [-0.3, -0.25) is 14.4 Å². The van der Waals surface area contributed by atoms with E-state index >= 15 is 0 Å². The Balaban J connectivity index is 1.84. The van der Waals surface area contributed by atoms with Crippen LogP contribution in [0.4, 0.5) is 0 Å².